The third-order valence-electron chi connectivity index (χ3n) is 4.64. The summed E-state index contributed by atoms with van der Waals surface area (Å²) in [4.78, 5) is 0. The first-order chi connectivity index (χ1) is 8.34. The van der Waals surface area contributed by atoms with E-state index in [0.717, 1.165) is 25.0 Å². The third kappa shape index (κ3) is 4.97. The quantitative estimate of drug-likeness (QED) is 0.745. The molecule has 0 bridgehead atoms. The zero-order valence-corrected chi connectivity index (χ0v) is 11.2. The van der Waals surface area contributed by atoms with E-state index < -0.39 is 0 Å². The van der Waals surface area contributed by atoms with Crippen LogP contribution in [-0.4, -0.2) is 19.3 Å². The molecule has 0 heterocycles. The standard InChI is InChI=1S/C15H29NO/c16-15-8-6-14(7-9-15)12-17-11-10-13-4-2-1-3-5-13/h13-15H,1-12,16H2/t14-,15-. The second-order valence-corrected chi connectivity index (χ2v) is 6.15. The molecule has 0 spiro atoms. The van der Waals surface area contributed by atoms with E-state index in [0.29, 0.717) is 6.04 Å². The van der Waals surface area contributed by atoms with Crippen molar-refractivity contribution in [1.29, 1.82) is 0 Å². The average Bonchev–Trinajstić information content (AvgIpc) is 2.38. The van der Waals surface area contributed by atoms with Crippen molar-refractivity contribution >= 4 is 0 Å². The van der Waals surface area contributed by atoms with Crippen LogP contribution in [-0.2, 0) is 4.74 Å². The van der Waals surface area contributed by atoms with Crippen molar-refractivity contribution in [3.63, 3.8) is 0 Å². The zero-order valence-electron chi connectivity index (χ0n) is 11.2. The lowest BCUT2D eigenvalue weighted by atomic mass is 9.86. The van der Waals surface area contributed by atoms with Gasteiger partial charge in [0.25, 0.3) is 0 Å². The van der Waals surface area contributed by atoms with Gasteiger partial charge < -0.3 is 10.5 Å². The number of hydrogen-bond donors (Lipinski definition) is 1. The summed E-state index contributed by atoms with van der Waals surface area (Å²) in [6.07, 6.45) is 13.5. The Kier molecular flexibility index (Phi) is 5.79. The maximum Gasteiger partial charge on any atom is 0.0494 e. The van der Waals surface area contributed by atoms with Crippen LogP contribution >= 0.6 is 0 Å². The number of rotatable bonds is 5. The summed E-state index contributed by atoms with van der Waals surface area (Å²) in [5, 5.41) is 0. The molecule has 2 N–H and O–H groups in total. The lowest BCUT2D eigenvalue weighted by Gasteiger charge is -2.26. The Bertz CT molecular complexity index is 193. The highest BCUT2D eigenvalue weighted by Crippen LogP contribution is 2.27. The van der Waals surface area contributed by atoms with E-state index in [1.807, 2.05) is 0 Å². The van der Waals surface area contributed by atoms with Crippen LogP contribution in [0.3, 0.4) is 0 Å². The summed E-state index contributed by atoms with van der Waals surface area (Å²) < 4.78 is 5.87. The number of nitrogens with two attached hydrogens (primary N) is 1. The Morgan fingerprint density at radius 1 is 0.824 bits per heavy atom. The maximum atomic E-state index is 5.91. The Balaban J connectivity index is 1.48. The minimum absolute atomic E-state index is 0.466. The molecule has 2 fully saturated rings. The first-order valence-electron chi connectivity index (χ1n) is 7.68. The molecule has 0 unspecified atom stereocenters. The Labute approximate surface area is 106 Å². The molecule has 0 atom stereocenters. The van der Waals surface area contributed by atoms with E-state index in [9.17, 15) is 0 Å². The summed E-state index contributed by atoms with van der Waals surface area (Å²) >= 11 is 0. The molecule has 0 aromatic rings. The zero-order chi connectivity index (χ0) is 11.9. The molecular formula is C15H29NO. The SMILES string of the molecule is N[C@H]1CC[C@H](COCCC2CCCCC2)CC1. The van der Waals surface area contributed by atoms with E-state index in [2.05, 4.69) is 0 Å². The average molecular weight is 239 g/mol. The smallest absolute Gasteiger partial charge is 0.0494 e. The summed E-state index contributed by atoms with van der Waals surface area (Å²) in [6, 6.07) is 0.466. The van der Waals surface area contributed by atoms with Crippen LogP contribution in [0.2, 0.25) is 0 Å². The minimum atomic E-state index is 0.466. The molecule has 0 aliphatic heterocycles. The number of ether oxygens (including phenoxy) is 1. The largest absolute Gasteiger partial charge is 0.381 e. The Morgan fingerprint density at radius 3 is 2.24 bits per heavy atom. The predicted octanol–water partition coefficient (Wildman–Crippen LogP) is 3.49. The van der Waals surface area contributed by atoms with Gasteiger partial charge in [-0.05, 0) is 43.9 Å². The Hall–Kier alpha value is -0.0800. The molecule has 2 heteroatoms. The van der Waals surface area contributed by atoms with E-state index >= 15 is 0 Å². The van der Waals surface area contributed by atoms with Crippen molar-refractivity contribution in [1.82, 2.24) is 0 Å². The first kappa shape index (κ1) is 13.4. The normalized spacial score (nSPS) is 31.6. The summed E-state index contributed by atoms with van der Waals surface area (Å²) in [7, 11) is 0. The van der Waals surface area contributed by atoms with Gasteiger partial charge in [0, 0.05) is 19.3 Å². The maximum absolute atomic E-state index is 5.91. The molecule has 0 aromatic heterocycles. The molecule has 2 aliphatic rings. The van der Waals surface area contributed by atoms with Crippen molar-refractivity contribution in [2.75, 3.05) is 13.2 Å². The van der Waals surface area contributed by atoms with Crippen molar-refractivity contribution in [2.45, 2.75) is 70.3 Å². The van der Waals surface area contributed by atoms with Crippen LogP contribution < -0.4 is 5.73 Å². The summed E-state index contributed by atoms with van der Waals surface area (Å²) in [5.41, 5.74) is 5.91. The van der Waals surface area contributed by atoms with E-state index in [4.69, 9.17) is 10.5 Å². The van der Waals surface area contributed by atoms with E-state index in [1.54, 1.807) is 0 Å². The van der Waals surface area contributed by atoms with Crippen molar-refractivity contribution in [3.05, 3.63) is 0 Å². The lowest BCUT2D eigenvalue weighted by Crippen LogP contribution is -2.28. The molecule has 0 aromatic carbocycles. The van der Waals surface area contributed by atoms with Gasteiger partial charge in [0.05, 0.1) is 0 Å². The van der Waals surface area contributed by atoms with Crippen LogP contribution in [0.1, 0.15) is 64.2 Å². The van der Waals surface area contributed by atoms with Gasteiger partial charge in [-0.2, -0.15) is 0 Å². The molecule has 2 saturated carbocycles. The van der Waals surface area contributed by atoms with Gasteiger partial charge in [-0.1, -0.05) is 32.1 Å². The van der Waals surface area contributed by atoms with Gasteiger partial charge in [-0.3, -0.25) is 0 Å². The van der Waals surface area contributed by atoms with E-state index in [-0.39, 0.29) is 0 Å². The fourth-order valence-electron chi connectivity index (χ4n) is 3.33. The fourth-order valence-corrected chi connectivity index (χ4v) is 3.33. The van der Waals surface area contributed by atoms with Gasteiger partial charge in [0.1, 0.15) is 0 Å². The van der Waals surface area contributed by atoms with Crippen LogP contribution in [0.25, 0.3) is 0 Å². The lowest BCUT2D eigenvalue weighted by molar-refractivity contribution is 0.0705. The van der Waals surface area contributed by atoms with Crippen LogP contribution in [0, 0.1) is 11.8 Å². The van der Waals surface area contributed by atoms with Crippen molar-refractivity contribution in [3.8, 4) is 0 Å². The fraction of sp³-hybridized carbons (Fsp3) is 1.00. The van der Waals surface area contributed by atoms with Gasteiger partial charge in [0.2, 0.25) is 0 Å². The molecule has 2 aliphatic carbocycles. The van der Waals surface area contributed by atoms with Gasteiger partial charge in [-0.15, -0.1) is 0 Å². The third-order valence-corrected chi connectivity index (χ3v) is 4.64. The Morgan fingerprint density at radius 2 is 1.53 bits per heavy atom. The molecule has 0 saturated heterocycles. The topological polar surface area (TPSA) is 35.2 Å². The summed E-state index contributed by atoms with van der Waals surface area (Å²) in [5.74, 6) is 1.75. The number of hydrogen-bond acceptors (Lipinski definition) is 2. The second kappa shape index (κ2) is 7.38. The molecule has 2 rings (SSSR count). The predicted molar refractivity (Wildman–Crippen MR) is 71.9 cm³/mol. The van der Waals surface area contributed by atoms with Crippen LogP contribution in [0.5, 0.6) is 0 Å². The molecule has 0 amide bonds. The highest BCUT2D eigenvalue weighted by molar-refractivity contribution is 4.74. The van der Waals surface area contributed by atoms with Crippen LogP contribution in [0.4, 0.5) is 0 Å². The van der Waals surface area contributed by atoms with Gasteiger partial charge >= 0.3 is 0 Å². The molecule has 0 radical (unpaired) electrons. The highest BCUT2D eigenvalue weighted by atomic mass is 16.5. The van der Waals surface area contributed by atoms with Gasteiger partial charge in [-0.25, -0.2) is 0 Å². The van der Waals surface area contributed by atoms with Gasteiger partial charge in [0.15, 0.2) is 0 Å². The highest BCUT2D eigenvalue weighted by Gasteiger charge is 2.19. The monoisotopic (exact) mass is 239 g/mol. The molecule has 100 valence electrons. The summed E-state index contributed by atoms with van der Waals surface area (Å²) in [6.45, 7) is 1.98. The molecular weight excluding hydrogens is 210 g/mol. The van der Waals surface area contributed by atoms with E-state index in [1.165, 1.54) is 64.2 Å². The first-order valence-corrected chi connectivity index (χ1v) is 7.68. The van der Waals surface area contributed by atoms with Crippen molar-refractivity contribution in [2.24, 2.45) is 17.6 Å². The van der Waals surface area contributed by atoms with Crippen LogP contribution in [0.15, 0.2) is 0 Å². The second-order valence-electron chi connectivity index (χ2n) is 6.15. The molecule has 17 heavy (non-hydrogen) atoms. The minimum Gasteiger partial charge on any atom is -0.381 e. The molecule has 2 nitrogen and oxygen atoms in total. The van der Waals surface area contributed by atoms with Crippen molar-refractivity contribution < 1.29 is 4.74 Å².